The molecule has 0 unspecified atom stereocenters. The van der Waals surface area contributed by atoms with Crippen LogP contribution in [-0.2, 0) is 17.6 Å². The minimum absolute atomic E-state index is 0.0246. The molecule has 0 spiro atoms. The van der Waals surface area contributed by atoms with Gasteiger partial charge < -0.3 is 9.73 Å². The zero-order valence-corrected chi connectivity index (χ0v) is 14.6. The molecule has 0 bridgehead atoms. The normalized spacial score (nSPS) is 10.6. The Balaban J connectivity index is 1.61. The molecule has 1 amide bonds. The van der Waals surface area contributed by atoms with E-state index >= 15 is 0 Å². The number of carbonyl (C=O) groups excluding carboxylic acids is 1. The summed E-state index contributed by atoms with van der Waals surface area (Å²) in [4.78, 5) is 16.6. The molecular formula is C21H22N2O2. The standard InChI is InChI=1S/C21H22N2O2/c1-3-16-11-7-8-15(2)21(16)23-19(24)12-13-20-22-14-18(25-20)17-9-5-4-6-10-17/h4-11,14H,3,12-13H2,1-2H3,(H,23,24). The van der Waals surface area contributed by atoms with Crippen molar-refractivity contribution >= 4 is 11.6 Å². The summed E-state index contributed by atoms with van der Waals surface area (Å²) < 4.78 is 5.75. The number of anilines is 1. The summed E-state index contributed by atoms with van der Waals surface area (Å²) >= 11 is 0. The molecule has 0 saturated heterocycles. The summed E-state index contributed by atoms with van der Waals surface area (Å²) in [6, 6.07) is 15.9. The van der Waals surface area contributed by atoms with Crippen LogP contribution in [0.25, 0.3) is 11.3 Å². The van der Waals surface area contributed by atoms with E-state index in [1.165, 1.54) is 0 Å². The maximum absolute atomic E-state index is 12.3. The first-order valence-electron chi connectivity index (χ1n) is 8.56. The number of oxazole rings is 1. The number of nitrogens with one attached hydrogen (secondary N) is 1. The van der Waals surface area contributed by atoms with Crippen LogP contribution in [0.2, 0.25) is 0 Å². The van der Waals surface area contributed by atoms with Crippen LogP contribution in [0.3, 0.4) is 0 Å². The highest BCUT2D eigenvalue weighted by atomic mass is 16.4. The van der Waals surface area contributed by atoms with Crippen LogP contribution < -0.4 is 5.32 Å². The summed E-state index contributed by atoms with van der Waals surface area (Å²) in [5.41, 5.74) is 4.14. The van der Waals surface area contributed by atoms with Gasteiger partial charge in [0.2, 0.25) is 5.91 Å². The number of para-hydroxylation sites is 1. The van der Waals surface area contributed by atoms with Gasteiger partial charge in [-0.05, 0) is 24.5 Å². The van der Waals surface area contributed by atoms with Crippen molar-refractivity contribution in [1.82, 2.24) is 4.98 Å². The van der Waals surface area contributed by atoms with Crippen LogP contribution in [0, 0.1) is 6.92 Å². The molecule has 0 aliphatic rings. The number of hydrogen-bond donors (Lipinski definition) is 1. The van der Waals surface area contributed by atoms with Gasteiger partial charge in [-0.2, -0.15) is 0 Å². The zero-order valence-electron chi connectivity index (χ0n) is 14.6. The van der Waals surface area contributed by atoms with E-state index in [1.807, 2.05) is 55.5 Å². The first-order valence-corrected chi connectivity index (χ1v) is 8.56. The smallest absolute Gasteiger partial charge is 0.224 e. The molecule has 0 saturated carbocycles. The van der Waals surface area contributed by atoms with Crippen LogP contribution in [0.5, 0.6) is 0 Å². The maximum atomic E-state index is 12.3. The second-order valence-electron chi connectivity index (χ2n) is 6.00. The summed E-state index contributed by atoms with van der Waals surface area (Å²) in [6.07, 6.45) is 3.41. The third-order valence-corrected chi connectivity index (χ3v) is 4.18. The molecule has 1 N–H and O–H groups in total. The lowest BCUT2D eigenvalue weighted by molar-refractivity contribution is -0.116. The zero-order chi connectivity index (χ0) is 17.6. The van der Waals surface area contributed by atoms with Crippen molar-refractivity contribution in [3.63, 3.8) is 0 Å². The Hall–Kier alpha value is -2.88. The largest absolute Gasteiger partial charge is 0.441 e. The van der Waals surface area contributed by atoms with Gasteiger partial charge in [-0.3, -0.25) is 4.79 Å². The molecule has 1 heterocycles. The topological polar surface area (TPSA) is 55.1 Å². The Bertz CT molecular complexity index is 853. The molecule has 2 aromatic carbocycles. The fraction of sp³-hybridized carbons (Fsp3) is 0.238. The average molecular weight is 334 g/mol. The lowest BCUT2D eigenvalue weighted by atomic mass is 10.1. The predicted molar refractivity (Wildman–Crippen MR) is 99.4 cm³/mol. The van der Waals surface area contributed by atoms with Crippen LogP contribution in [-0.4, -0.2) is 10.9 Å². The number of carbonyl (C=O) groups is 1. The number of aryl methyl sites for hydroxylation is 3. The number of hydrogen-bond acceptors (Lipinski definition) is 3. The summed E-state index contributed by atoms with van der Waals surface area (Å²) in [7, 11) is 0. The van der Waals surface area contributed by atoms with E-state index in [0.717, 1.165) is 34.6 Å². The Morgan fingerprint density at radius 1 is 1.12 bits per heavy atom. The van der Waals surface area contributed by atoms with E-state index < -0.39 is 0 Å². The van der Waals surface area contributed by atoms with E-state index in [9.17, 15) is 4.79 Å². The molecule has 4 nitrogen and oxygen atoms in total. The molecule has 3 aromatic rings. The number of aromatic nitrogens is 1. The monoisotopic (exact) mass is 334 g/mol. The highest BCUT2D eigenvalue weighted by molar-refractivity contribution is 5.92. The molecule has 0 atom stereocenters. The second-order valence-corrected chi connectivity index (χ2v) is 6.00. The van der Waals surface area contributed by atoms with Gasteiger partial charge in [-0.15, -0.1) is 0 Å². The van der Waals surface area contributed by atoms with Gasteiger partial charge in [-0.25, -0.2) is 4.98 Å². The van der Waals surface area contributed by atoms with E-state index in [4.69, 9.17) is 4.42 Å². The Kier molecular flexibility index (Phi) is 5.29. The molecule has 4 heteroatoms. The molecule has 0 radical (unpaired) electrons. The van der Waals surface area contributed by atoms with Gasteiger partial charge in [-0.1, -0.05) is 55.5 Å². The SMILES string of the molecule is CCc1cccc(C)c1NC(=O)CCc1ncc(-c2ccccc2)o1. The Morgan fingerprint density at radius 3 is 2.68 bits per heavy atom. The van der Waals surface area contributed by atoms with Crippen molar-refractivity contribution in [3.05, 3.63) is 71.7 Å². The molecule has 1 aromatic heterocycles. The quantitative estimate of drug-likeness (QED) is 0.705. The third kappa shape index (κ3) is 4.15. The first kappa shape index (κ1) is 17.0. The minimum atomic E-state index is -0.0246. The van der Waals surface area contributed by atoms with Gasteiger partial charge in [0.15, 0.2) is 11.7 Å². The first-order chi connectivity index (χ1) is 12.2. The Labute approximate surface area is 147 Å². The van der Waals surface area contributed by atoms with Gasteiger partial charge >= 0.3 is 0 Å². The summed E-state index contributed by atoms with van der Waals surface area (Å²) in [5.74, 6) is 1.28. The molecule has 0 aliphatic heterocycles. The van der Waals surface area contributed by atoms with Gasteiger partial charge in [0.25, 0.3) is 0 Å². The van der Waals surface area contributed by atoms with Crippen LogP contribution >= 0.6 is 0 Å². The van der Waals surface area contributed by atoms with Gasteiger partial charge in [0, 0.05) is 24.1 Å². The van der Waals surface area contributed by atoms with Crippen LogP contribution in [0.1, 0.15) is 30.4 Å². The summed E-state index contributed by atoms with van der Waals surface area (Å²) in [6.45, 7) is 4.09. The third-order valence-electron chi connectivity index (χ3n) is 4.18. The fourth-order valence-corrected chi connectivity index (χ4v) is 2.79. The van der Waals surface area contributed by atoms with E-state index in [2.05, 4.69) is 17.2 Å². The second kappa shape index (κ2) is 7.79. The van der Waals surface area contributed by atoms with Crippen molar-refractivity contribution in [3.8, 4) is 11.3 Å². The molecule has 0 aliphatic carbocycles. The van der Waals surface area contributed by atoms with Gasteiger partial charge in [0.1, 0.15) is 0 Å². The van der Waals surface area contributed by atoms with Crippen molar-refractivity contribution in [2.45, 2.75) is 33.1 Å². The molecule has 0 fully saturated rings. The van der Waals surface area contributed by atoms with E-state index in [1.54, 1.807) is 6.20 Å². The van der Waals surface area contributed by atoms with Crippen molar-refractivity contribution in [2.75, 3.05) is 5.32 Å². The number of benzene rings is 2. The highest BCUT2D eigenvalue weighted by Gasteiger charge is 2.11. The predicted octanol–water partition coefficient (Wildman–Crippen LogP) is 4.78. The number of rotatable bonds is 6. The van der Waals surface area contributed by atoms with Crippen LogP contribution in [0.4, 0.5) is 5.69 Å². The van der Waals surface area contributed by atoms with E-state index in [-0.39, 0.29) is 5.91 Å². The highest BCUT2D eigenvalue weighted by Crippen LogP contribution is 2.22. The van der Waals surface area contributed by atoms with E-state index in [0.29, 0.717) is 18.7 Å². The summed E-state index contributed by atoms with van der Waals surface area (Å²) in [5, 5.41) is 3.03. The Morgan fingerprint density at radius 2 is 1.92 bits per heavy atom. The molecule has 25 heavy (non-hydrogen) atoms. The molecule has 128 valence electrons. The lowest BCUT2D eigenvalue weighted by Gasteiger charge is -2.12. The molecular weight excluding hydrogens is 312 g/mol. The lowest BCUT2D eigenvalue weighted by Crippen LogP contribution is -2.14. The van der Waals surface area contributed by atoms with Crippen molar-refractivity contribution in [2.24, 2.45) is 0 Å². The minimum Gasteiger partial charge on any atom is -0.441 e. The van der Waals surface area contributed by atoms with Crippen molar-refractivity contribution < 1.29 is 9.21 Å². The average Bonchev–Trinajstić information content (AvgIpc) is 3.11. The maximum Gasteiger partial charge on any atom is 0.224 e. The van der Waals surface area contributed by atoms with Gasteiger partial charge in [0.05, 0.1) is 6.20 Å². The number of nitrogens with zero attached hydrogens (tertiary/aromatic N) is 1. The van der Waals surface area contributed by atoms with Crippen LogP contribution in [0.15, 0.2) is 59.1 Å². The molecule has 3 rings (SSSR count). The fourth-order valence-electron chi connectivity index (χ4n) is 2.79. The van der Waals surface area contributed by atoms with Crippen molar-refractivity contribution in [1.29, 1.82) is 0 Å². The number of amides is 1.